The van der Waals surface area contributed by atoms with E-state index in [-0.39, 0.29) is 11.8 Å². The van der Waals surface area contributed by atoms with Gasteiger partial charge in [0.15, 0.2) is 0 Å². The quantitative estimate of drug-likeness (QED) is 0.698. The first-order valence-electron chi connectivity index (χ1n) is 8.37. The predicted octanol–water partition coefficient (Wildman–Crippen LogP) is 3.32. The highest BCUT2D eigenvalue weighted by Crippen LogP contribution is 2.19. The molecular formula is C19H24N2O3S. The lowest BCUT2D eigenvalue weighted by Crippen LogP contribution is -2.28. The lowest BCUT2D eigenvalue weighted by Gasteiger charge is -2.19. The molecule has 0 saturated heterocycles. The number of carbonyl (C=O) groups is 2. The topological polar surface area (TPSA) is 58.6 Å². The summed E-state index contributed by atoms with van der Waals surface area (Å²) in [7, 11) is 1.79. The van der Waals surface area contributed by atoms with Crippen LogP contribution in [0.25, 0.3) is 0 Å². The number of nitrogens with one attached hydrogen (secondary N) is 1. The number of nitrogens with zero attached hydrogens (tertiary/aromatic N) is 1. The number of hydrogen-bond donors (Lipinski definition) is 1. The molecule has 134 valence electrons. The maximum absolute atomic E-state index is 12.3. The first kappa shape index (κ1) is 19.0. The summed E-state index contributed by atoms with van der Waals surface area (Å²) in [5.74, 6) is 0.774. The Labute approximate surface area is 152 Å². The molecule has 0 atom stereocenters. The Morgan fingerprint density at radius 3 is 2.76 bits per heavy atom. The first-order valence-corrected chi connectivity index (χ1v) is 9.31. The molecule has 0 spiro atoms. The van der Waals surface area contributed by atoms with E-state index in [9.17, 15) is 9.59 Å². The zero-order valence-corrected chi connectivity index (χ0v) is 15.5. The fourth-order valence-corrected chi connectivity index (χ4v) is 3.04. The zero-order valence-electron chi connectivity index (χ0n) is 14.7. The molecule has 0 saturated carbocycles. The van der Waals surface area contributed by atoms with Crippen LogP contribution in [-0.2, 0) is 11.3 Å². The van der Waals surface area contributed by atoms with E-state index in [1.165, 1.54) is 11.3 Å². The molecule has 0 aliphatic heterocycles. The number of amides is 2. The molecule has 0 aliphatic carbocycles. The monoisotopic (exact) mass is 360 g/mol. The molecule has 5 nitrogen and oxygen atoms in total. The summed E-state index contributed by atoms with van der Waals surface area (Å²) in [5, 5.41) is 6.51. The van der Waals surface area contributed by atoms with E-state index < -0.39 is 0 Å². The maximum atomic E-state index is 12.3. The van der Waals surface area contributed by atoms with E-state index in [1.54, 1.807) is 18.0 Å². The second-order valence-corrected chi connectivity index (χ2v) is 6.44. The van der Waals surface area contributed by atoms with Crippen molar-refractivity contribution in [2.45, 2.75) is 26.3 Å². The van der Waals surface area contributed by atoms with Gasteiger partial charge in [0.25, 0.3) is 5.91 Å². The molecular weight excluding hydrogens is 336 g/mol. The van der Waals surface area contributed by atoms with Crippen molar-refractivity contribution in [2.24, 2.45) is 0 Å². The lowest BCUT2D eigenvalue weighted by atomic mass is 10.2. The molecule has 25 heavy (non-hydrogen) atoms. The molecule has 0 aliphatic rings. The molecule has 2 rings (SSSR count). The van der Waals surface area contributed by atoms with Gasteiger partial charge >= 0.3 is 0 Å². The van der Waals surface area contributed by atoms with Gasteiger partial charge in [0.1, 0.15) is 5.75 Å². The van der Waals surface area contributed by atoms with E-state index in [4.69, 9.17) is 4.74 Å². The van der Waals surface area contributed by atoms with Crippen molar-refractivity contribution in [3.63, 3.8) is 0 Å². The van der Waals surface area contributed by atoms with Crippen molar-refractivity contribution in [1.82, 2.24) is 10.2 Å². The van der Waals surface area contributed by atoms with E-state index in [2.05, 4.69) is 5.32 Å². The molecule has 0 unspecified atom stereocenters. The number of hydrogen-bond acceptors (Lipinski definition) is 4. The minimum atomic E-state index is -0.0901. The number of ether oxygens (including phenoxy) is 1. The molecule has 0 radical (unpaired) electrons. The number of para-hydroxylation sites is 1. The number of benzene rings is 1. The van der Waals surface area contributed by atoms with Crippen molar-refractivity contribution < 1.29 is 14.3 Å². The minimum Gasteiger partial charge on any atom is -0.494 e. The van der Waals surface area contributed by atoms with Crippen LogP contribution in [0, 0.1) is 0 Å². The van der Waals surface area contributed by atoms with Crippen LogP contribution in [0.4, 0.5) is 0 Å². The Hall–Kier alpha value is -2.34. The Kier molecular flexibility index (Phi) is 7.47. The molecule has 2 amide bonds. The number of rotatable bonds is 9. The van der Waals surface area contributed by atoms with Crippen LogP contribution in [0.1, 0.15) is 35.7 Å². The average molecular weight is 360 g/mol. The van der Waals surface area contributed by atoms with Crippen LogP contribution in [0.2, 0.25) is 0 Å². The van der Waals surface area contributed by atoms with Crippen molar-refractivity contribution in [3.8, 4) is 5.75 Å². The minimum absolute atomic E-state index is 0.0519. The second-order valence-electron chi connectivity index (χ2n) is 5.66. The molecule has 0 fully saturated rings. The van der Waals surface area contributed by atoms with Crippen molar-refractivity contribution in [3.05, 3.63) is 52.2 Å². The van der Waals surface area contributed by atoms with Crippen molar-refractivity contribution in [1.29, 1.82) is 0 Å². The SMILES string of the molecule is CCOc1ccccc1CN(C)C(=O)CCCNC(=O)c1ccsc1. The molecule has 1 N–H and O–H groups in total. The fourth-order valence-electron chi connectivity index (χ4n) is 2.40. The second kappa shape index (κ2) is 9.84. The normalized spacial score (nSPS) is 10.3. The Bertz CT molecular complexity index is 686. The molecule has 6 heteroatoms. The highest BCUT2D eigenvalue weighted by molar-refractivity contribution is 7.08. The summed E-state index contributed by atoms with van der Waals surface area (Å²) in [6.07, 6.45) is 1.02. The largest absolute Gasteiger partial charge is 0.494 e. The Morgan fingerprint density at radius 2 is 2.04 bits per heavy atom. The standard InChI is InChI=1S/C19H24N2O3S/c1-3-24-17-8-5-4-7-15(17)13-21(2)18(22)9-6-11-20-19(23)16-10-12-25-14-16/h4-5,7-8,10,12,14H,3,6,9,11,13H2,1-2H3,(H,20,23). The fraction of sp³-hybridized carbons (Fsp3) is 0.368. The Balaban J connectivity index is 1.74. The van der Waals surface area contributed by atoms with Gasteiger partial charge in [-0.05, 0) is 30.9 Å². The van der Waals surface area contributed by atoms with Gasteiger partial charge in [-0.3, -0.25) is 9.59 Å². The zero-order chi connectivity index (χ0) is 18.1. The Morgan fingerprint density at radius 1 is 1.24 bits per heavy atom. The number of carbonyl (C=O) groups excluding carboxylic acids is 2. The molecule has 2 aromatic rings. The van der Waals surface area contributed by atoms with Gasteiger partial charge in [0.05, 0.1) is 6.61 Å². The number of thiophene rings is 1. The summed E-state index contributed by atoms with van der Waals surface area (Å²) in [4.78, 5) is 25.8. The molecule has 1 heterocycles. The van der Waals surface area contributed by atoms with Gasteiger partial charge in [-0.15, -0.1) is 0 Å². The smallest absolute Gasteiger partial charge is 0.252 e. The first-order chi connectivity index (χ1) is 12.1. The third-order valence-electron chi connectivity index (χ3n) is 3.74. The average Bonchev–Trinajstić information content (AvgIpc) is 3.15. The van der Waals surface area contributed by atoms with E-state index in [0.29, 0.717) is 38.1 Å². The summed E-state index contributed by atoms with van der Waals surface area (Å²) >= 11 is 1.49. The molecule has 1 aromatic heterocycles. The summed E-state index contributed by atoms with van der Waals surface area (Å²) in [5.41, 5.74) is 1.66. The van der Waals surface area contributed by atoms with Crippen LogP contribution in [0.15, 0.2) is 41.1 Å². The van der Waals surface area contributed by atoms with Gasteiger partial charge in [-0.25, -0.2) is 0 Å². The van der Waals surface area contributed by atoms with Crippen molar-refractivity contribution >= 4 is 23.2 Å². The van der Waals surface area contributed by atoms with Crippen LogP contribution in [0.3, 0.4) is 0 Å². The van der Waals surface area contributed by atoms with Gasteiger partial charge in [0.2, 0.25) is 5.91 Å². The summed E-state index contributed by atoms with van der Waals surface area (Å²) in [6.45, 7) is 3.54. The van der Waals surface area contributed by atoms with Gasteiger partial charge in [-0.1, -0.05) is 18.2 Å². The highest BCUT2D eigenvalue weighted by atomic mass is 32.1. The van der Waals surface area contributed by atoms with Crippen molar-refractivity contribution in [2.75, 3.05) is 20.2 Å². The van der Waals surface area contributed by atoms with Crippen LogP contribution in [0.5, 0.6) is 5.75 Å². The van der Waals surface area contributed by atoms with E-state index in [0.717, 1.165) is 11.3 Å². The third-order valence-corrected chi connectivity index (χ3v) is 4.43. The van der Waals surface area contributed by atoms with Gasteiger partial charge < -0.3 is 15.0 Å². The van der Waals surface area contributed by atoms with Crippen LogP contribution < -0.4 is 10.1 Å². The summed E-state index contributed by atoms with van der Waals surface area (Å²) < 4.78 is 5.59. The van der Waals surface area contributed by atoms with Gasteiger partial charge in [-0.2, -0.15) is 11.3 Å². The van der Waals surface area contributed by atoms with Crippen LogP contribution >= 0.6 is 11.3 Å². The molecule has 0 bridgehead atoms. The molecule has 1 aromatic carbocycles. The maximum Gasteiger partial charge on any atom is 0.252 e. The van der Waals surface area contributed by atoms with E-state index in [1.807, 2.05) is 41.9 Å². The predicted molar refractivity (Wildman–Crippen MR) is 100.0 cm³/mol. The lowest BCUT2D eigenvalue weighted by molar-refractivity contribution is -0.130. The van der Waals surface area contributed by atoms with Gasteiger partial charge in [0, 0.05) is 43.1 Å². The highest BCUT2D eigenvalue weighted by Gasteiger charge is 2.12. The third kappa shape index (κ3) is 5.90. The van der Waals surface area contributed by atoms with Crippen LogP contribution in [-0.4, -0.2) is 36.9 Å². The van der Waals surface area contributed by atoms with E-state index >= 15 is 0 Å². The summed E-state index contributed by atoms with van der Waals surface area (Å²) in [6, 6.07) is 9.53.